The molecule has 5 nitrogen and oxygen atoms in total. The summed E-state index contributed by atoms with van der Waals surface area (Å²) in [6, 6.07) is 14.4. The van der Waals surface area contributed by atoms with Crippen LogP contribution in [0.15, 0.2) is 59.5 Å². The number of nitrogens with one attached hydrogen (secondary N) is 1. The Morgan fingerprint density at radius 1 is 1.04 bits per heavy atom. The van der Waals surface area contributed by atoms with Crippen LogP contribution in [0.3, 0.4) is 0 Å². The molecule has 0 spiro atoms. The second-order valence-electron chi connectivity index (χ2n) is 6.14. The van der Waals surface area contributed by atoms with E-state index in [2.05, 4.69) is 5.32 Å². The van der Waals surface area contributed by atoms with Crippen molar-refractivity contribution in [3.63, 3.8) is 0 Å². The Bertz CT molecular complexity index is 899. The van der Waals surface area contributed by atoms with Crippen molar-refractivity contribution in [1.29, 1.82) is 0 Å². The molecule has 6 heteroatoms. The minimum atomic E-state index is -3.46. The molecule has 2 rings (SSSR count). The summed E-state index contributed by atoms with van der Waals surface area (Å²) >= 11 is 0. The third kappa shape index (κ3) is 5.52. The lowest BCUT2D eigenvalue weighted by Crippen LogP contribution is -2.30. The molecule has 2 aromatic carbocycles. The molecule has 144 valence electrons. The zero-order valence-corrected chi connectivity index (χ0v) is 16.8. The van der Waals surface area contributed by atoms with Crippen molar-refractivity contribution in [1.82, 2.24) is 9.62 Å². The van der Waals surface area contributed by atoms with Crippen LogP contribution >= 0.6 is 0 Å². The molecule has 0 aliphatic carbocycles. The minimum Gasteiger partial charge on any atom is -0.348 e. The summed E-state index contributed by atoms with van der Waals surface area (Å²) in [4.78, 5) is 12.3. The Morgan fingerprint density at radius 2 is 1.67 bits per heavy atom. The molecule has 0 aliphatic rings. The van der Waals surface area contributed by atoms with Gasteiger partial charge in [0.2, 0.25) is 15.9 Å². The lowest BCUT2D eigenvalue weighted by atomic mass is 10.1. The number of sulfonamides is 1. The predicted molar refractivity (Wildman–Crippen MR) is 109 cm³/mol. The van der Waals surface area contributed by atoms with Gasteiger partial charge in [-0.15, -0.1) is 0 Å². The van der Waals surface area contributed by atoms with Crippen molar-refractivity contribution < 1.29 is 13.2 Å². The Morgan fingerprint density at radius 3 is 2.26 bits per heavy atom. The van der Waals surface area contributed by atoms with Crippen molar-refractivity contribution in [2.24, 2.45) is 0 Å². The molecule has 0 bridgehead atoms. The van der Waals surface area contributed by atoms with Gasteiger partial charge in [0.15, 0.2) is 0 Å². The fourth-order valence-electron chi connectivity index (χ4n) is 2.69. The summed E-state index contributed by atoms with van der Waals surface area (Å²) in [5, 5.41) is 2.85. The maximum Gasteiger partial charge on any atom is 0.244 e. The predicted octanol–water partition coefficient (Wildman–Crippen LogP) is 3.36. The maximum atomic E-state index is 12.5. The number of carbonyl (C=O) groups excluding carboxylic acids is 1. The third-order valence-electron chi connectivity index (χ3n) is 4.36. The lowest BCUT2D eigenvalue weighted by Gasteiger charge is -2.18. The summed E-state index contributed by atoms with van der Waals surface area (Å²) in [5.74, 6) is -0.196. The molecule has 0 saturated heterocycles. The topological polar surface area (TPSA) is 66.5 Å². The fraction of sp³-hybridized carbons (Fsp3) is 0.286. The second-order valence-corrected chi connectivity index (χ2v) is 8.07. The first-order valence-electron chi connectivity index (χ1n) is 8.99. The van der Waals surface area contributed by atoms with E-state index >= 15 is 0 Å². The van der Waals surface area contributed by atoms with Crippen LogP contribution in [-0.2, 0) is 21.4 Å². The van der Waals surface area contributed by atoms with Gasteiger partial charge >= 0.3 is 0 Å². The SMILES string of the molecule is CCN(CC)S(=O)(=O)c1ccc(/C=C/C(=O)NCc2ccccc2C)cc1. The van der Waals surface area contributed by atoms with Crippen LogP contribution in [0.4, 0.5) is 0 Å². The van der Waals surface area contributed by atoms with E-state index in [-0.39, 0.29) is 10.8 Å². The zero-order valence-electron chi connectivity index (χ0n) is 16.0. The average Bonchev–Trinajstić information content (AvgIpc) is 2.67. The Labute approximate surface area is 161 Å². The summed E-state index contributed by atoms with van der Waals surface area (Å²) in [6.45, 7) is 6.96. The van der Waals surface area contributed by atoms with Crippen LogP contribution in [0.5, 0.6) is 0 Å². The highest BCUT2D eigenvalue weighted by atomic mass is 32.2. The van der Waals surface area contributed by atoms with Gasteiger partial charge < -0.3 is 5.32 Å². The first-order chi connectivity index (χ1) is 12.9. The smallest absolute Gasteiger partial charge is 0.244 e. The van der Waals surface area contributed by atoms with Gasteiger partial charge in [0.25, 0.3) is 0 Å². The molecule has 1 amide bonds. The number of hydrogen-bond acceptors (Lipinski definition) is 3. The van der Waals surface area contributed by atoms with Gasteiger partial charge in [-0.3, -0.25) is 4.79 Å². The Hall–Kier alpha value is -2.44. The number of hydrogen-bond donors (Lipinski definition) is 1. The van der Waals surface area contributed by atoms with Crippen LogP contribution in [0.1, 0.15) is 30.5 Å². The molecule has 27 heavy (non-hydrogen) atoms. The molecule has 1 N–H and O–H groups in total. The van der Waals surface area contributed by atoms with E-state index in [4.69, 9.17) is 0 Å². The standard InChI is InChI=1S/C21H26N2O3S/c1-4-23(5-2)27(25,26)20-13-10-18(11-14-20)12-15-21(24)22-16-19-9-7-6-8-17(19)3/h6-15H,4-5,16H2,1-3H3,(H,22,24)/b15-12+. The van der Waals surface area contributed by atoms with E-state index in [9.17, 15) is 13.2 Å². The van der Waals surface area contributed by atoms with Crippen LogP contribution in [0, 0.1) is 6.92 Å². The van der Waals surface area contributed by atoms with Crippen LogP contribution in [0.2, 0.25) is 0 Å². The molecule has 0 atom stereocenters. The number of aryl methyl sites for hydroxylation is 1. The fourth-order valence-corrected chi connectivity index (χ4v) is 4.14. The van der Waals surface area contributed by atoms with E-state index in [1.807, 2.05) is 45.0 Å². The quantitative estimate of drug-likeness (QED) is 0.708. The number of rotatable bonds is 8. The van der Waals surface area contributed by atoms with E-state index < -0.39 is 10.0 Å². The van der Waals surface area contributed by atoms with Crippen molar-refractivity contribution in [3.8, 4) is 0 Å². The van der Waals surface area contributed by atoms with E-state index in [1.165, 1.54) is 10.4 Å². The summed E-state index contributed by atoms with van der Waals surface area (Å²) < 4.78 is 26.3. The summed E-state index contributed by atoms with van der Waals surface area (Å²) in [6.07, 6.45) is 3.12. The first kappa shape index (κ1) is 20.9. The first-order valence-corrected chi connectivity index (χ1v) is 10.4. The lowest BCUT2D eigenvalue weighted by molar-refractivity contribution is -0.116. The molecule has 0 aromatic heterocycles. The summed E-state index contributed by atoms with van der Waals surface area (Å²) in [7, 11) is -3.46. The van der Waals surface area contributed by atoms with Gasteiger partial charge in [-0.1, -0.05) is 50.2 Å². The number of nitrogens with zero attached hydrogens (tertiary/aromatic N) is 1. The summed E-state index contributed by atoms with van der Waals surface area (Å²) in [5.41, 5.74) is 2.97. The van der Waals surface area contributed by atoms with Crippen LogP contribution in [-0.4, -0.2) is 31.7 Å². The molecular weight excluding hydrogens is 360 g/mol. The molecule has 0 radical (unpaired) electrons. The normalized spacial score (nSPS) is 11.9. The van der Waals surface area contributed by atoms with Gasteiger partial charge in [0, 0.05) is 25.7 Å². The molecule has 0 saturated carbocycles. The third-order valence-corrected chi connectivity index (χ3v) is 6.43. The van der Waals surface area contributed by atoms with Crippen LogP contribution in [0.25, 0.3) is 6.08 Å². The highest BCUT2D eigenvalue weighted by Gasteiger charge is 2.20. The van der Waals surface area contributed by atoms with Gasteiger partial charge in [0.05, 0.1) is 4.90 Å². The largest absolute Gasteiger partial charge is 0.348 e. The number of amides is 1. The molecule has 0 unspecified atom stereocenters. The molecule has 0 heterocycles. The highest BCUT2D eigenvalue weighted by Crippen LogP contribution is 2.16. The molecule has 0 fully saturated rings. The average molecular weight is 387 g/mol. The Balaban J connectivity index is 1.99. The maximum absolute atomic E-state index is 12.5. The van der Waals surface area contributed by atoms with E-state index in [1.54, 1.807) is 30.3 Å². The van der Waals surface area contributed by atoms with Crippen LogP contribution < -0.4 is 5.32 Å². The van der Waals surface area contributed by atoms with Crippen molar-refractivity contribution in [3.05, 3.63) is 71.3 Å². The zero-order chi connectivity index (χ0) is 19.9. The minimum absolute atomic E-state index is 0.196. The number of benzene rings is 2. The molecular formula is C21H26N2O3S. The molecule has 2 aromatic rings. The second kappa shape index (κ2) is 9.48. The van der Waals surface area contributed by atoms with Crippen molar-refractivity contribution in [2.75, 3.05) is 13.1 Å². The van der Waals surface area contributed by atoms with Gasteiger partial charge in [0.1, 0.15) is 0 Å². The highest BCUT2D eigenvalue weighted by molar-refractivity contribution is 7.89. The van der Waals surface area contributed by atoms with Gasteiger partial charge in [-0.2, -0.15) is 4.31 Å². The Kier molecular flexibility index (Phi) is 7.33. The monoisotopic (exact) mass is 386 g/mol. The van der Waals surface area contributed by atoms with Crippen molar-refractivity contribution >= 4 is 22.0 Å². The molecule has 0 aliphatic heterocycles. The van der Waals surface area contributed by atoms with Gasteiger partial charge in [-0.25, -0.2) is 8.42 Å². The van der Waals surface area contributed by atoms with E-state index in [0.717, 1.165) is 16.7 Å². The number of carbonyl (C=O) groups is 1. The van der Waals surface area contributed by atoms with E-state index in [0.29, 0.717) is 19.6 Å². The van der Waals surface area contributed by atoms with Gasteiger partial charge in [-0.05, 0) is 41.8 Å². The van der Waals surface area contributed by atoms with Crippen molar-refractivity contribution in [2.45, 2.75) is 32.2 Å².